The van der Waals surface area contributed by atoms with Gasteiger partial charge in [-0.2, -0.15) is 0 Å². The van der Waals surface area contributed by atoms with Crippen LogP contribution in [0.2, 0.25) is 0 Å². The predicted molar refractivity (Wildman–Crippen MR) is 82.8 cm³/mol. The van der Waals surface area contributed by atoms with Crippen molar-refractivity contribution in [1.82, 2.24) is 0 Å². The third-order valence-corrected chi connectivity index (χ3v) is 3.59. The largest absolute Gasteiger partial charge is 0.497 e. The quantitative estimate of drug-likeness (QED) is 0.748. The van der Waals surface area contributed by atoms with Crippen LogP contribution in [0.25, 0.3) is 0 Å². The average Bonchev–Trinajstić information content (AvgIpc) is 2.47. The standard InChI is InChI=1S/C17H19ClO2/c1-12-4-5-13(2)15(8-12)11-20-17-9-16(19-3)7-6-14(17)10-18/h4-9H,10-11H2,1-3H3. The van der Waals surface area contributed by atoms with Crippen LogP contribution in [0, 0.1) is 13.8 Å². The van der Waals surface area contributed by atoms with Gasteiger partial charge in [0.25, 0.3) is 0 Å². The number of benzene rings is 2. The molecule has 2 rings (SSSR count). The van der Waals surface area contributed by atoms with Crippen molar-refractivity contribution in [2.75, 3.05) is 7.11 Å². The van der Waals surface area contributed by atoms with Crippen LogP contribution in [0.3, 0.4) is 0 Å². The molecule has 0 aliphatic rings. The molecule has 0 spiro atoms. The lowest BCUT2D eigenvalue weighted by Gasteiger charge is -2.13. The second-order valence-electron chi connectivity index (χ2n) is 4.83. The normalized spacial score (nSPS) is 10.4. The summed E-state index contributed by atoms with van der Waals surface area (Å²) in [5.41, 5.74) is 4.62. The van der Waals surface area contributed by atoms with Crippen molar-refractivity contribution in [2.45, 2.75) is 26.3 Å². The topological polar surface area (TPSA) is 18.5 Å². The number of aryl methyl sites for hydroxylation is 2. The summed E-state index contributed by atoms with van der Waals surface area (Å²) in [6, 6.07) is 12.1. The molecule has 2 nitrogen and oxygen atoms in total. The third kappa shape index (κ3) is 3.45. The van der Waals surface area contributed by atoms with Crippen LogP contribution in [0.4, 0.5) is 0 Å². The zero-order valence-electron chi connectivity index (χ0n) is 12.1. The molecule has 0 radical (unpaired) electrons. The van der Waals surface area contributed by atoms with Gasteiger partial charge in [0.15, 0.2) is 0 Å². The monoisotopic (exact) mass is 290 g/mol. The van der Waals surface area contributed by atoms with Gasteiger partial charge < -0.3 is 9.47 Å². The van der Waals surface area contributed by atoms with Gasteiger partial charge in [-0.05, 0) is 31.0 Å². The van der Waals surface area contributed by atoms with E-state index in [0.717, 1.165) is 17.1 Å². The molecule has 0 saturated carbocycles. The minimum atomic E-state index is 0.423. The lowest BCUT2D eigenvalue weighted by Crippen LogP contribution is -2.00. The van der Waals surface area contributed by atoms with Crippen molar-refractivity contribution in [3.8, 4) is 11.5 Å². The number of alkyl halides is 1. The van der Waals surface area contributed by atoms with Crippen LogP contribution < -0.4 is 9.47 Å². The predicted octanol–water partition coefficient (Wildman–Crippen LogP) is 4.63. The fourth-order valence-corrected chi connectivity index (χ4v) is 2.24. The molecule has 0 bridgehead atoms. The van der Waals surface area contributed by atoms with Gasteiger partial charge in [-0.1, -0.05) is 29.8 Å². The van der Waals surface area contributed by atoms with E-state index in [1.165, 1.54) is 16.7 Å². The Bertz CT molecular complexity index is 594. The Balaban J connectivity index is 2.19. The zero-order chi connectivity index (χ0) is 14.5. The fraction of sp³-hybridized carbons (Fsp3) is 0.294. The number of halogens is 1. The molecule has 20 heavy (non-hydrogen) atoms. The van der Waals surface area contributed by atoms with E-state index in [2.05, 4.69) is 32.0 Å². The van der Waals surface area contributed by atoms with E-state index in [0.29, 0.717) is 12.5 Å². The SMILES string of the molecule is COc1ccc(CCl)c(OCc2cc(C)ccc2C)c1. The number of rotatable bonds is 5. The van der Waals surface area contributed by atoms with Crippen molar-refractivity contribution < 1.29 is 9.47 Å². The highest BCUT2D eigenvalue weighted by atomic mass is 35.5. The second-order valence-corrected chi connectivity index (χ2v) is 5.09. The molecular weight excluding hydrogens is 272 g/mol. The summed E-state index contributed by atoms with van der Waals surface area (Å²) in [5.74, 6) is 1.97. The first-order valence-corrected chi connectivity index (χ1v) is 7.09. The van der Waals surface area contributed by atoms with Gasteiger partial charge in [0.1, 0.15) is 18.1 Å². The van der Waals surface area contributed by atoms with Crippen LogP contribution >= 0.6 is 11.6 Å². The van der Waals surface area contributed by atoms with E-state index in [4.69, 9.17) is 21.1 Å². The fourth-order valence-electron chi connectivity index (χ4n) is 2.02. The van der Waals surface area contributed by atoms with Gasteiger partial charge in [0, 0.05) is 11.6 Å². The second kappa shape index (κ2) is 6.67. The molecule has 3 heteroatoms. The van der Waals surface area contributed by atoms with Crippen molar-refractivity contribution in [3.63, 3.8) is 0 Å². The van der Waals surface area contributed by atoms with Gasteiger partial charge in [0.05, 0.1) is 13.0 Å². The summed E-state index contributed by atoms with van der Waals surface area (Å²) < 4.78 is 11.2. The molecule has 0 fully saturated rings. The molecule has 0 aliphatic carbocycles. The average molecular weight is 291 g/mol. The van der Waals surface area contributed by atoms with Crippen LogP contribution in [-0.2, 0) is 12.5 Å². The Hall–Kier alpha value is -1.67. The van der Waals surface area contributed by atoms with E-state index in [1.54, 1.807) is 7.11 Å². The zero-order valence-corrected chi connectivity index (χ0v) is 12.8. The van der Waals surface area contributed by atoms with Crippen LogP contribution in [0.1, 0.15) is 22.3 Å². The lowest BCUT2D eigenvalue weighted by molar-refractivity contribution is 0.300. The number of methoxy groups -OCH3 is 1. The Kier molecular flexibility index (Phi) is 4.91. The molecule has 0 aromatic heterocycles. The van der Waals surface area contributed by atoms with E-state index in [1.807, 2.05) is 18.2 Å². The molecule has 0 heterocycles. The minimum absolute atomic E-state index is 0.423. The van der Waals surface area contributed by atoms with Crippen molar-refractivity contribution in [1.29, 1.82) is 0 Å². The maximum atomic E-state index is 5.95. The Morgan fingerprint density at radius 2 is 1.80 bits per heavy atom. The highest BCUT2D eigenvalue weighted by Crippen LogP contribution is 2.27. The van der Waals surface area contributed by atoms with Crippen LogP contribution in [-0.4, -0.2) is 7.11 Å². The molecule has 0 unspecified atom stereocenters. The van der Waals surface area contributed by atoms with E-state index in [-0.39, 0.29) is 0 Å². The molecular formula is C17H19ClO2. The summed E-state index contributed by atoms with van der Waals surface area (Å²) in [6.07, 6.45) is 0. The summed E-state index contributed by atoms with van der Waals surface area (Å²) in [5, 5.41) is 0. The summed E-state index contributed by atoms with van der Waals surface area (Å²) >= 11 is 5.95. The van der Waals surface area contributed by atoms with Gasteiger partial charge in [-0.25, -0.2) is 0 Å². The molecule has 106 valence electrons. The summed E-state index contributed by atoms with van der Waals surface area (Å²) in [4.78, 5) is 0. The van der Waals surface area contributed by atoms with Crippen LogP contribution in [0.15, 0.2) is 36.4 Å². The molecule has 0 N–H and O–H groups in total. The third-order valence-electron chi connectivity index (χ3n) is 3.31. The van der Waals surface area contributed by atoms with Gasteiger partial charge in [-0.3, -0.25) is 0 Å². The van der Waals surface area contributed by atoms with E-state index >= 15 is 0 Å². The van der Waals surface area contributed by atoms with Gasteiger partial charge in [-0.15, -0.1) is 11.6 Å². The first-order chi connectivity index (χ1) is 9.63. The number of hydrogen-bond acceptors (Lipinski definition) is 2. The Morgan fingerprint density at radius 3 is 2.50 bits per heavy atom. The van der Waals surface area contributed by atoms with E-state index < -0.39 is 0 Å². The van der Waals surface area contributed by atoms with Crippen molar-refractivity contribution in [2.24, 2.45) is 0 Å². The summed E-state index contributed by atoms with van der Waals surface area (Å²) in [6.45, 7) is 4.70. The van der Waals surface area contributed by atoms with Crippen LogP contribution in [0.5, 0.6) is 11.5 Å². The molecule has 0 saturated heterocycles. The minimum Gasteiger partial charge on any atom is -0.497 e. The number of ether oxygens (including phenoxy) is 2. The first-order valence-electron chi connectivity index (χ1n) is 6.56. The highest BCUT2D eigenvalue weighted by molar-refractivity contribution is 6.17. The Labute approximate surface area is 125 Å². The maximum Gasteiger partial charge on any atom is 0.127 e. The Morgan fingerprint density at radius 1 is 1.00 bits per heavy atom. The lowest BCUT2D eigenvalue weighted by atomic mass is 10.1. The van der Waals surface area contributed by atoms with Gasteiger partial charge in [0.2, 0.25) is 0 Å². The highest BCUT2D eigenvalue weighted by Gasteiger charge is 2.07. The first kappa shape index (κ1) is 14.7. The maximum absolute atomic E-state index is 5.95. The van der Waals surface area contributed by atoms with E-state index in [9.17, 15) is 0 Å². The molecule has 0 aliphatic heterocycles. The van der Waals surface area contributed by atoms with Crippen molar-refractivity contribution in [3.05, 3.63) is 58.7 Å². The summed E-state index contributed by atoms with van der Waals surface area (Å²) in [7, 11) is 1.64. The number of hydrogen-bond donors (Lipinski definition) is 0. The van der Waals surface area contributed by atoms with Crippen molar-refractivity contribution >= 4 is 11.6 Å². The molecule has 0 amide bonds. The molecule has 2 aromatic rings. The van der Waals surface area contributed by atoms with Gasteiger partial charge >= 0.3 is 0 Å². The smallest absolute Gasteiger partial charge is 0.127 e. The molecule has 2 aromatic carbocycles. The molecule has 0 atom stereocenters.